The third-order valence-corrected chi connectivity index (χ3v) is 7.97. The first-order valence-electron chi connectivity index (χ1n) is 17.8. The molecule has 2 nitrogen and oxygen atoms in total. The standard InChI is InChI=1S/C38H70O2/c1-5-9-13-16-19-22-25-29-32-36(33-30-26-23-20-17-14-10-6-2)37(40-38(39)35-28-12-8-4)34-31-27-24-21-18-15-11-7-3/h19-24,36-37H,5-18,25-35H2,1-4H3/b22-19-,23-20?,24-21?. The van der Waals surface area contributed by atoms with Crippen molar-refractivity contribution in [3.05, 3.63) is 36.5 Å². The summed E-state index contributed by atoms with van der Waals surface area (Å²) >= 11 is 0. The summed E-state index contributed by atoms with van der Waals surface area (Å²) in [6.45, 7) is 8.99. The van der Waals surface area contributed by atoms with Gasteiger partial charge in [-0.2, -0.15) is 0 Å². The number of esters is 1. The van der Waals surface area contributed by atoms with E-state index in [2.05, 4.69) is 64.2 Å². The van der Waals surface area contributed by atoms with Crippen LogP contribution in [0.25, 0.3) is 0 Å². The molecular weight excluding hydrogens is 488 g/mol. The summed E-state index contributed by atoms with van der Waals surface area (Å²) in [4.78, 5) is 12.8. The van der Waals surface area contributed by atoms with Crippen LogP contribution in [-0.2, 0) is 9.53 Å². The fourth-order valence-electron chi connectivity index (χ4n) is 5.33. The molecule has 0 aliphatic carbocycles. The Labute approximate surface area is 251 Å². The lowest BCUT2D eigenvalue weighted by molar-refractivity contribution is -0.153. The monoisotopic (exact) mass is 559 g/mol. The predicted octanol–water partition coefficient (Wildman–Crippen LogP) is 13.0. The van der Waals surface area contributed by atoms with Crippen LogP contribution < -0.4 is 0 Å². The van der Waals surface area contributed by atoms with Gasteiger partial charge in [0, 0.05) is 6.42 Å². The minimum absolute atomic E-state index is 0.0326. The summed E-state index contributed by atoms with van der Waals surface area (Å²) in [6, 6.07) is 0. The first kappa shape index (κ1) is 38.7. The Morgan fingerprint density at radius 2 is 0.825 bits per heavy atom. The Morgan fingerprint density at radius 1 is 0.475 bits per heavy atom. The van der Waals surface area contributed by atoms with E-state index < -0.39 is 0 Å². The Hall–Kier alpha value is -1.31. The summed E-state index contributed by atoms with van der Waals surface area (Å²) in [7, 11) is 0. The van der Waals surface area contributed by atoms with Crippen LogP contribution in [0, 0.1) is 5.92 Å². The van der Waals surface area contributed by atoms with E-state index in [0.717, 1.165) is 51.4 Å². The van der Waals surface area contributed by atoms with Crippen molar-refractivity contribution in [3.63, 3.8) is 0 Å². The van der Waals surface area contributed by atoms with Gasteiger partial charge >= 0.3 is 5.97 Å². The average molecular weight is 559 g/mol. The summed E-state index contributed by atoms with van der Waals surface area (Å²) < 4.78 is 6.26. The third kappa shape index (κ3) is 26.9. The fraction of sp³-hybridized carbons (Fsp3) is 0.816. The van der Waals surface area contributed by atoms with Crippen LogP contribution in [0.5, 0.6) is 0 Å². The fourth-order valence-corrected chi connectivity index (χ4v) is 5.33. The minimum atomic E-state index is 0.0326. The van der Waals surface area contributed by atoms with Gasteiger partial charge in [-0.1, -0.05) is 116 Å². The van der Waals surface area contributed by atoms with Crippen LogP contribution in [0.1, 0.15) is 188 Å². The molecule has 0 amide bonds. The van der Waals surface area contributed by atoms with Crippen molar-refractivity contribution in [1.82, 2.24) is 0 Å². The van der Waals surface area contributed by atoms with Gasteiger partial charge in [0.15, 0.2) is 0 Å². The topological polar surface area (TPSA) is 26.3 Å². The SMILES string of the molecule is CCCCCC=CCCCC(CCC/C=C\CCCCC)C(CCCC=CCCCCC)OC(=O)CCCCC. The molecule has 2 heteroatoms. The van der Waals surface area contributed by atoms with Gasteiger partial charge < -0.3 is 4.74 Å². The highest BCUT2D eigenvalue weighted by molar-refractivity contribution is 5.69. The summed E-state index contributed by atoms with van der Waals surface area (Å²) in [6.07, 6.45) is 43.8. The molecule has 0 saturated heterocycles. The number of ether oxygens (including phenoxy) is 1. The van der Waals surface area contributed by atoms with Gasteiger partial charge in [-0.15, -0.1) is 0 Å². The Kier molecular flexibility index (Phi) is 31.2. The molecule has 234 valence electrons. The molecule has 2 unspecified atom stereocenters. The molecule has 0 aromatic rings. The second-order valence-electron chi connectivity index (χ2n) is 11.9. The van der Waals surface area contributed by atoms with Crippen LogP contribution in [0.4, 0.5) is 0 Å². The molecule has 0 radical (unpaired) electrons. The molecule has 0 aromatic carbocycles. The largest absolute Gasteiger partial charge is 0.462 e. The Balaban J connectivity index is 5.05. The summed E-state index contributed by atoms with van der Waals surface area (Å²) in [5, 5.41) is 0. The molecule has 0 fully saturated rings. The van der Waals surface area contributed by atoms with Crippen molar-refractivity contribution in [1.29, 1.82) is 0 Å². The van der Waals surface area contributed by atoms with Gasteiger partial charge in [-0.05, 0) is 109 Å². The van der Waals surface area contributed by atoms with Crippen LogP contribution in [0.15, 0.2) is 36.5 Å². The first-order valence-corrected chi connectivity index (χ1v) is 17.8. The maximum Gasteiger partial charge on any atom is 0.306 e. The van der Waals surface area contributed by atoms with E-state index in [4.69, 9.17) is 4.74 Å². The van der Waals surface area contributed by atoms with Crippen molar-refractivity contribution in [2.75, 3.05) is 0 Å². The van der Waals surface area contributed by atoms with Crippen molar-refractivity contribution >= 4 is 5.97 Å². The van der Waals surface area contributed by atoms with Gasteiger partial charge in [0.2, 0.25) is 0 Å². The number of unbranched alkanes of at least 4 members (excludes halogenated alkanes) is 14. The Morgan fingerprint density at radius 3 is 1.23 bits per heavy atom. The maximum absolute atomic E-state index is 12.8. The van der Waals surface area contributed by atoms with E-state index in [-0.39, 0.29) is 12.1 Å². The van der Waals surface area contributed by atoms with Gasteiger partial charge in [-0.25, -0.2) is 0 Å². The van der Waals surface area contributed by atoms with E-state index in [1.54, 1.807) is 0 Å². The summed E-state index contributed by atoms with van der Waals surface area (Å²) in [5.74, 6) is 0.510. The number of allylic oxidation sites excluding steroid dienone is 6. The smallest absolute Gasteiger partial charge is 0.306 e. The molecule has 0 heterocycles. The van der Waals surface area contributed by atoms with E-state index >= 15 is 0 Å². The highest BCUT2D eigenvalue weighted by Crippen LogP contribution is 2.27. The number of hydrogen-bond acceptors (Lipinski definition) is 2. The van der Waals surface area contributed by atoms with E-state index in [0.29, 0.717) is 12.3 Å². The van der Waals surface area contributed by atoms with Crippen LogP contribution in [0.2, 0.25) is 0 Å². The second-order valence-corrected chi connectivity index (χ2v) is 11.9. The van der Waals surface area contributed by atoms with Crippen molar-refractivity contribution in [2.45, 2.75) is 194 Å². The molecule has 0 aliphatic rings. The van der Waals surface area contributed by atoms with Gasteiger partial charge in [0.1, 0.15) is 6.10 Å². The molecular formula is C38H70O2. The molecule has 0 spiro atoms. The Bertz CT molecular complexity index is 577. The molecule has 0 rings (SSSR count). The zero-order valence-electron chi connectivity index (χ0n) is 27.6. The molecule has 0 aliphatic heterocycles. The zero-order chi connectivity index (χ0) is 29.4. The van der Waals surface area contributed by atoms with Crippen molar-refractivity contribution in [3.8, 4) is 0 Å². The quantitative estimate of drug-likeness (QED) is 0.0498. The van der Waals surface area contributed by atoms with Crippen LogP contribution >= 0.6 is 0 Å². The lowest BCUT2D eigenvalue weighted by Gasteiger charge is -2.27. The normalized spacial score (nSPS) is 13.6. The van der Waals surface area contributed by atoms with E-state index in [1.165, 1.54) is 103 Å². The zero-order valence-corrected chi connectivity index (χ0v) is 27.6. The second kappa shape index (κ2) is 32.2. The maximum atomic E-state index is 12.8. The van der Waals surface area contributed by atoms with Crippen molar-refractivity contribution in [2.24, 2.45) is 5.92 Å². The molecule has 2 atom stereocenters. The predicted molar refractivity (Wildman–Crippen MR) is 179 cm³/mol. The molecule has 0 N–H and O–H groups in total. The number of rotatable bonds is 30. The lowest BCUT2D eigenvalue weighted by atomic mass is 9.87. The van der Waals surface area contributed by atoms with Gasteiger partial charge in [-0.3, -0.25) is 4.79 Å². The highest BCUT2D eigenvalue weighted by atomic mass is 16.5. The van der Waals surface area contributed by atoms with Crippen LogP contribution in [0.3, 0.4) is 0 Å². The number of hydrogen-bond donors (Lipinski definition) is 0. The average Bonchev–Trinajstić information content (AvgIpc) is 2.95. The summed E-state index contributed by atoms with van der Waals surface area (Å²) in [5.41, 5.74) is 0. The van der Waals surface area contributed by atoms with E-state index in [1.807, 2.05) is 0 Å². The minimum Gasteiger partial charge on any atom is -0.462 e. The molecule has 0 saturated carbocycles. The van der Waals surface area contributed by atoms with Crippen LogP contribution in [-0.4, -0.2) is 12.1 Å². The molecule has 40 heavy (non-hydrogen) atoms. The number of carbonyl (C=O) groups excluding carboxylic acids is 1. The van der Waals surface area contributed by atoms with Gasteiger partial charge in [0.05, 0.1) is 0 Å². The third-order valence-electron chi connectivity index (χ3n) is 7.97. The van der Waals surface area contributed by atoms with Gasteiger partial charge in [0.25, 0.3) is 0 Å². The number of carbonyl (C=O) groups is 1. The molecule has 0 bridgehead atoms. The van der Waals surface area contributed by atoms with Crippen molar-refractivity contribution < 1.29 is 9.53 Å². The highest BCUT2D eigenvalue weighted by Gasteiger charge is 2.24. The van der Waals surface area contributed by atoms with E-state index in [9.17, 15) is 4.79 Å². The lowest BCUT2D eigenvalue weighted by Crippen LogP contribution is -2.27. The molecule has 0 aromatic heterocycles. The first-order chi connectivity index (χ1) is 19.7.